The van der Waals surface area contributed by atoms with E-state index in [0.717, 1.165) is 27.9 Å². The standard InChI is InChI=1S/C22H21N3O3/c1-12(2)24-10-14-19-15(6-4-7-17(19)24)23-16-11-25(13(3)26)22(27)21(16)20(14)18-8-5-9-28-18/h4-10,12,20,23H,11H2,1-3H3/t20-/m1/s1. The molecule has 3 aromatic rings. The fraction of sp³-hybridized carbons (Fsp3) is 0.273. The SMILES string of the molecule is CC(=O)N1CC2=C(C1=O)[C@@H](c1ccco1)c1cn(C(C)C)c3cccc(c13)N2. The van der Waals surface area contributed by atoms with Crippen molar-refractivity contribution in [3.8, 4) is 0 Å². The van der Waals surface area contributed by atoms with E-state index in [9.17, 15) is 9.59 Å². The highest BCUT2D eigenvalue weighted by Gasteiger charge is 2.42. The first-order valence-electron chi connectivity index (χ1n) is 9.46. The lowest BCUT2D eigenvalue weighted by atomic mass is 9.88. The van der Waals surface area contributed by atoms with Gasteiger partial charge in [-0.1, -0.05) is 6.07 Å². The van der Waals surface area contributed by atoms with Crippen LogP contribution in [0.15, 0.2) is 58.5 Å². The zero-order chi connectivity index (χ0) is 19.6. The number of carbonyl (C=O) groups excluding carboxylic acids is 2. The predicted octanol–water partition coefficient (Wildman–Crippen LogP) is 4.02. The smallest absolute Gasteiger partial charge is 0.259 e. The number of hydrogen-bond donors (Lipinski definition) is 1. The van der Waals surface area contributed by atoms with Gasteiger partial charge in [0.05, 0.1) is 29.8 Å². The van der Waals surface area contributed by atoms with Gasteiger partial charge in [-0.05, 0) is 43.7 Å². The van der Waals surface area contributed by atoms with Gasteiger partial charge in [0.25, 0.3) is 5.91 Å². The molecule has 4 heterocycles. The summed E-state index contributed by atoms with van der Waals surface area (Å²) in [6, 6.07) is 10.1. The van der Waals surface area contributed by atoms with E-state index in [2.05, 4.69) is 36.0 Å². The molecule has 0 unspecified atom stereocenters. The highest BCUT2D eigenvalue weighted by atomic mass is 16.3. The summed E-state index contributed by atoms with van der Waals surface area (Å²) < 4.78 is 7.99. The molecule has 28 heavy (non-hydrogen) atoms. The van der Waals surface area contributed by atoms with Crippen molar-refractivity contribution < 1.29 is 14.0 Å². The Morgan fingerprint density at radius 3 is 2.75 bits per heavy atom. The molecule has 1 atom stereocenters. The normalized spacial score (nSPS) is 18.6. The van der Waals surface area contributed by atoms with E-state index in [1.165, 1.54) is 11.8 Å². The van der Waals surface area contributed by atoms with Gasteiger partial charge in [0.1, 0.15) is 5.76 Å². The first-order chi connectivity index (χ1) is 13.5. The van der Waals surface area contributed by atoms with E-state index in [4.69, 9.17) is 4.42 Å². The van der Waals surface area contributed by atoms with Gasteiger partial charge in [-0.25, -0.2) is 0 Å². The lowest BCUT2D eigenvalue weighted by molar-refractivity contribution is -0.139. The minimum atomic E-state index is -0.361. The van der Waals surface area contributed by atoms with Gasteiger partial charge in [0.2, 0.25) is 5.91 Å². The zero-order valence-corrected chi connectivity index (χ0v) is 16.0. The van der Waals surface area contributed by atoms with Crippen LogP contribution in [-0.2, 0) is 9.59 Å². The van der Waals surface area contributed by atoms with Crippen molar-refractivity contribution in [2.24, 2.45) is 0 Å². The predicted molar refractivity (Wildman–Crippen MR) is 106 cm³/mol. The average molecular weight is 375 g/mol. The quantitative estimate of drug-likeness (QED) is 0.735. The second-order valence-corrected chi connectivity index (χ2v) is 7.66. The van der Waals surface area contributed by atoms with Gasteiger partial charge < -0.3 is 14.3 Å². The number of anilines is 1. The summed E-state index contributed by atoms with van der Waals surface area (Å²) in [5, 5.41) is 4.55. The fourth-order valence-electron chi connectivity index (χ4n) is 4.41. The highest BCUT2D eigenvalue weighted by molar-refractivity contribution is 6.11. The number of furan rings is 1. The topological polar surface area (TPSA) is 67.5 Å². The van der Waals surface area contributed by atoms with Gasteiger partial charge in [-0.2, -0.15) is 0 Å². The van der Waals surface area contributed by atoms with Crippen molar-refractivity contribution >= 4 is 28.4 Å². The van der Waals surface area contributed by atoms with E-state index in [1.807, 2.05) is 24.3 Å². The van der Waals surface area contributed by atoms with Crippen LogP contribution >= 0.6 is 0 Å². The van der Waals surface area contributed by atoms with Crippen LogP contribution in [0.2, 0.25) is 0 Å². The van der Waals surface area contributed by atoms with Crippen molar-refractivity contribution in [1.29, 1.82) is 0 Å². The molecular weight excluding hydrogens is 354 g/mol. The van der Waals surface area contributed by atoms with E-state index in [1.54, 1.807) is 6.26 Å². The molecule has 0 saturated heterocycles. The van der Waals surface area contributed by atoms with Crippen LogP contribution < -0.4 is 5.32 Å². The number of benzene rings is 1. The molecule has 2 aliphatic heterocycles. The van der Waals surface area contributed by atoms with E-state index < -0.39 is 0 Å². The molecule has 2 amide bonds. The largest absolute Gasteiger partial charge is 0.468 e. The summed E-state index contributed by atoms with van der Waals surface area (Å²) in [5.74, 6) is -0.168. The molecule has 6 heteroatoms. The number of carbonyl (C=O) groups is 2. The monoisotopic (exact) mass is 375 g/mol. The first-order valence-corrected chi connectivity index (χ1v) is 9.46. The molecule has 0 spiro atoms. The number of nitrogens with one attached hydrogen (secondary N) is 1. The maximum absolute atomic E-state index is 13.2. The second kappa shape index (κ2) is 5.86. The second-order valence-electron chi connectivity index (χ2n) is 7.66. The number of rotatable bonds is 2. The Balaban J connectivity index is 1.82. The van der Waals surface area contributed by atoms with E-state index in [-0.39, 0.29) is 30.3 Å². The molecular formula is C22H21N3O3. The minimum Gasteiger partial charge on any atom is -0.468 e. The molecule has 1 aromatic carbocycles. The van der Waals surface area contributed by atoms with Crippen LogP contribution in [0.3, 0.4) is 0 Å². The van der Waals surface area contributed by atoms with Gasteiger partial charge in [0, 0.05) is 35.9 Å². The molecule has 5 rings (SSSR count). The lowest BCUT2D eigenvalue weighted by Crippen LogP contribution is -2.33. The Kier molecular flexibility index (Phi) is 3.53. The van der Waals surface area contributed by atoms with Crippen LogP contribution in [0.1, 0.15) is 44.1 Å². The molecule has 0 radical (unpaired) electrons. The lowest BCUT2D eigenvalue weighted by Gasteiger charge is -2.17. The van der Waals surface area contributed by atoms with Crippen LogP contribution in [0, 0.1) is 0 Å². The Labute approximate surface area is 162 Å². The van der Waals surface area contributed by atoms with Crippen molar-refractivity contribution in [2.75, 3.05) is 11.9 Å². The summed E-state index contributed by atoms with van der Waals surface area (Å²) in [4.78, 5) is 26.5. The van der Waals surface area contributed by atoms with Gasteiger partial charge >= 0.3 is 0 Å². The van der Waals surface area contributed by atoms with Crippen LogP contribution in [0.25, 0.3) is 10.9 Å². The molecule has 0 fully saturated rings. The van der Waals surface area contributed by atoms with Gasteiger partial charge in [0.15, 0.2) is 0 Å². The first kappa shape index (κ1) is 16.9. The van der Waals surface area contributed by atoms with Crippen molar-refractivity contribution in [1.82, 2.24) is 9.47 Å². The Hall–Kier alpha value is -3.28. The summed E-state index contributed by atoms with van der Waals surface area (Å²) in [6.45, 7) is 5.96. The molecule has 142 valence electrons. The van der Waals surface area contributed by atoms with Crippen molar-refractivity contribution in [3.05, 3.63) is 65.4 Å². The Morgan fingerprint density at radius 2 is 2.07 bits per heavy atom. The molecule has 0 saturated carbocycles. The fourth-order valence-corrected chi connectivity index (χ4v) is 4.41. The summed E-state index contributed by atoms with van der Waals surface area (Å²) in [6.07, 6.45) is 3.74. The van der Waals surface area contributed by atoms with Crippen molar-refractivity contribution in [2.45, 2.75) is 32.7 Å². The third-order valence-corrected chi connectivity index (χ3v) is 5.65. The van der Waals surface area contributed by atoms with E-state index in [0.29, 0.717) is 11.3 Å². The zero-order valence-electron chi connectivity index (χ0n) is 16.0. The van der Waals surface area contributed by atoms with Crippen LogP contribution in [-0.4, -0.2) is 27.8 Å². The number of aromatic nitrogens is 1. The summed E-state index contributed by atoms with van der Waals surface area (Å²) >= 11 is 0. The van der Waals surface area contributed by atoms with Crippen LogP contribution in [0.4, 0.5) is 5.69 Å². The molecule has 0 bridgehead atoms. The molecule has 6 nitrogen and oxygen atoms in total. The maximum atomic E-state index is 13.2. The molecule has 2 aromatic heterocycles. The number of amides is 2. The number of imide groups is 1. The van der Waals surface area contributed by atoms with Gasteiger partial charge in [-0.15, -0.1) is 0 Å². The van der Waals surface area contributed by atoms with E-state index >= 15 is 0 Å². The van der Waals surface area contributed by atoms with Crippen molar-refractivity contribution in [3.63, 3.8) is 0 Å². The Morgan fingerprint density at radius 1 is 1.25 bits per heavy atom. The summed E-state index contributed by atoms with van der Waals surface area (Å²) in [7, 11) is 0. The highest BCUT2D eigenvalue weighted by Crippen LogP contribution is 2.46. The number of hydrogen-bond acceptors (Lipinski definition) is 4. The molecule has 0 aliphatic carbocycles. The van der Waals surface area contributed by atoms with Gasteiger partial charge in [-0.3, -0.25) is 14.5 Å². The third-order valence-electron chi connectivity index (χ3n) is 5.65. The minimum absolute atomic E-state index is 0.253. The Bertz CT molecular complexity index is 1150. The average Bonchev–Trinajstić information content (AvgIpc) is 3.35. The molecule has 2 aliphatic rings. The number of nitrogens with zero attached hydrogens (tertiary/aromatic N) is 2. The summed E-state index contributed by atoms with van der Waals surface area (Å²) in [5.41, 5.74) is 4.44. The third kappa shape index (κ3) is 2.21. The maximum Gasteiger partial charge on any atom is 0.259 e. The molecule has 1 N–H and O–H groups in total. The van der Waals surface area contributed by atoms with Crippen LogP contribution in [0.5, 0.6) is 0 Å².